The third-order valence-corrected chi connectivity index (χ3v) is 3.79. The van der Waals surface area contributed by atoms with Gasteiger partial charge in [-0.05, 0) is 49.0 Å². The molecule has 3 rings (SSSR count). The zero-order chi connectivity index (χ0) is 18.4. The highest BCUT2D eigenvalue weighted by atomic mass is 35.5. The number of fused-ring (bicyclic) bond motifs is 1. The fourth-order valence-electron chi connectivity index (χ4n) is 2.31. The van der Waals surface area contributed by atoms with Gasteiger partial charge in [-0.3, -0.25) is 0 Å². The summed E-state index contributed by atoms with van der Waals surface area (Å²) in [4.78, 5) is 13.0. The number of hydrogen-bond donors (Lipinski definition) is 2. The fourth-order valence-corrected chi connectivity index (χ4v) is 2.53. The van der Waals surface area contributed by atoms with Crippen LogP contribution in [0.1, 0.15) is 12.8 Å². The van der Waals surface area contributed by atoms with E-state index < -0.39 is 12.1 Å². The largest absolute Gasteiger partial charge is 0.490 e. The van der Waals surface area contributed by atoms with Crippen molar-refractivity contribution in [2.45, 2.75) is 25.1 Å². The van der Waals surface area contributed by atoms with E-state index in [4.69, 9.17) is 26.2 Å². The Bertz CT molecular complexity index is 734. The summed E-state index contributed by atoms with van der Waals surface area (Å²) < 4.78 is 37.7. The standard InChI is InChI=1S/C14H15ClN2O.C2HF3O2/c15-14-13-4-3-11(8-10(13)5-7-17-14)18-12-2-1-6-16-9-12;3-2(4,5)1(6)7/h3-5,7-8,12,16H,1-2,6,9H2;(H,6,7). The number of benzene rings is 1. The van der Waals surface area contributed by atoms with Crippen molar-refractivity contribution < 1.29 is 27.8 Å². The van der Waals surface area contributed by atoms with Crippen LogP contribution >= 0.6 is 11.6 Å². The van der Waals surface area contributed by atoms with Crippen LogP contribution in [0.15, 0.2) is 30.5 Å². The first-order valence-corrected chi connectivity index (χ1v) is 7.87. The number of piperidine rings is 1. The second-order valence-corrected chi connectivity index (χ2v) is 5.73. The lowest BCUT2D eigenvalue weighted by Crippen LogP contribution is -2.37. The van der Waals surface area contributed by atoms with Crippen LogP contribution in [-0.2, 0) is 4.79 Å². The molecule has 2 heterocycles. The summed E-state index contributed by atoms with van der Waals surface area (Å²) >= 11 is 6.04. The summed E-state index contributed by atoms with van der Waals surface area (Å²) in [5.74, 6) is -1.86. The molecule has 2 aromatic rings. The Morgan fingerprint density at radius 3 is 2.68 bits per heavy atom. The molecule has 1 aromatic heterocycles. The molecule has 1 saturated heterocycles. The Balaban J connectivity index is 0.000000277. The number of aliphatic carboxylic acids is 1. The summed E-state index contributed by atoms with van der Waals surface area (Å²) in [6.45, 7) is 2.02. The molecule has 0 amide bonds. The maximum Gasteiger partial charge on any atom is 0.490 e. The molecule has 1 aromatic carbocycles. The zero-order valence-electron chi connectivity index (χ0n) is 13.0. The molecule has 0 saturated carbocycles. The number of halogens is 4. The lowest BCUT2D eigenvalue weighted by Gasteiger charge is -2.24. The number of rotatable bonds is 2. The van der Waals surface area contributed by atoms with Crippen molar-refractivity contribution in [3.63, 3.8) is 0 Å². The van der Waals surface area contributed by atoms with Crippen molar-refractivity contribution >= 4 is 28.3 Å². The number of alkyl halides is 3. The van der Waals surface area contributed by atoms with Gasteiger partial charge in [0.05, 0.1) is 0 Å². The van der Waals surface area contributed by atoms with Gasteiger partial charge in [0.15, 0.2) is 0 Å². The molecule has 0 aliphatic carbocycles. The molecule has 25 heavy (non-hydrogen) atoms. The van der Waals surface area contributed by atoms with Crippen LogP contribution in [0.2, 0.25) is 5.15 Å². The second kappa shape index (κ2) is 8.35. The van der Waals surface area contributed by atoms with E-state index in [1.54, 1.807) is 6.20 Å². The van der Waals surface area contributed by atoms with E-state index in [0.717, 1.165) is 36.0 Å². The maximum atomic E-state index is 10.6. The molecule has 0 bridgehead atoms. The number of nitrogens with one attached hydrogen (secondary N) is 1. The predicted molar refractivity (Wildman–Crippen MR) is 87.0 cm³/mol. The normalized spacial score (nSPS) is 17.5. The van der Waals surface area contributed by atoms with Gasteiger partial charge in [0.25, 0.3) is 0 Å². The SMILES string of the molecule is Clc1nccc2cc(OC3CCCNC3)ccc12.O=C(O)C(F)(F)F. The van der Waals surface area contributed by atoms with E-state index in [0.29, 0.717) is 5.15 Å². The van der Waals surface area contributed by atoms with E-state index in [9.17, 15) is 13.2 Å². The average Bonchev–Trinajstić information content (AvgIpc) is 2.55. The van der Waals surface area contributed by atoms with Gasteiger partial charge in [0.1, 0.15) is 17.0 Å². The molecule has 1 unspecified atom stereocenters. The molecule has 1 atom stereocenters. The Hall–Kier alpha value is -2.06. The van der Waals surface area contributed by atoms with Gasteiger partial charge in [-0.1, -0.05) is 11.6 Å². The van der Waals surface area contributed by atoms with Gasteiger partial charge in [-0.25, -0.2) is 9.78 Å². The van der Waals surface area contributed by atoms with Gasteiger partial charge >= 0.3 is 12.1 Å². The Morgan fingerprint density at radius 1 is 1.36 bits per heavy atom. The zero-order valence-corrected chi connectivity index (χ0v) is 13.8. The van der Waals surface area contributed by atoms with Crippen LogP contribution in [0.3, 0.4) is 0 Å². The summed E-state index contributed by atoms with van der Waals surface area (Å²) in [5, 5.41) is 13.0. The van der Waals surface area contributed by atoms with Crippen LogP contribution in [0.5, 0.6) is 5.75 Å². The summed E-state index contributed by atoms with van der Waals surface area (Å²) in [6.07, 6.45) is -0.805. The van der Waals surface area contributed by atoms with Crippen LogP contribution in [0.4, 0.5) is 13.2 Å². The molecule has 1 aliphatic heterocycles. The number of carboxylic acids is 1. The van der Waals surface area contributed by atoms with Gasteiger partial charge < -0.3 is 15.2 Å². The minimum atomic E-state index is -5.08. The fraction of sp³-hybridized carbons (Fsp3) is 0.375. The van der Waals surface area contributed by atoms with E-state index in [1.807, 2.05) is 24.3 Å². The van der Waals surface area contributed by atoms with Crippen LogP contribution in [-0.4, -0.2) is 41.4 Å². The molecule has 5 nitrogen and oxygen atoms in total. The smallest absolute Gasteiger partial charge is 0.489 e. The van der Waals surface area contributed by atoms with Crippen molar-refractivity contribution in [1.29, 1.82) is 0 Å². The number of carbonyl (C=O) groups is 1. The number of carboxylic acid groups (broad SMARTS) is 1. The number of nitrogens with zero attached hydrogens (tertiary/aromatic N) is 1. The van der Waals surface area contributed by atoms with Crippen molar-refractivity contribution in [2.24, 2.45) is 0 Å². The predicted octanol–water partition coefficient (Wildman–Crippen LogP) is 3.65. The first-order chi connectivity index (χ1) is 11.8. The quantitative estimate of drug-likeness (QED) is 0.783. The summed E-state index contributed by atoms with van der Waals surface area (Å²) in [6, 6.07) is 7.91. The molecular weight excluding hydrogens is 361 g/mol. The first-order valence-electron chi connectivity index (χ1n) is 7.49. The average molecular weight is 377 g/mol. The van der Waals surface area contributed by atoms with Gasteiger partial charge in [-0.15, -0.1) is 0 Å². The lowest BCUT2D eigenvalue weighted by atomic mass is 10.1. The number of pyridine rings is 1. The second-order valence-electron chi connectivity index (χ2n) is 5.37. The molecule has 1 fully saturated rings. The topological polar surface area (TPSA) is 71.5 Å². The van der Waals surface area contributed by atoms with Crippen molar-refractivity contribution in [3.05, 3.63) is 35.6 Å². The van der Waals surface area contributed by atoms with E-state index in [-0.39, 0.29) is 6.10 Å². The first kappa shape index (κ1) is 19.3. The highest BCUT2D eigenvalue weighted by molar-refractivity contribution is 6.34. The molecule has 2 N–H and O–H groups in total. The highest BCUT2D eigenvalue weighted by Gasteiger charge is 2.38. The number of hydrogen-bond acceptors (Lipinski definition) is 4. The summed E-state index contributed by atoms with van der Waals surface area (Å²) in [5.41, 5.74) is 0. The van der Waals surface area contributed by atoms with Gasteiger partial charge in [0.2, 0.25) is 0 Å². The van der Waals surface area contributed by atoms with Crippen LogP contribution < -0.4 is 10.1 Å². The lowest BCUT2D eigenvalue weighted by molar-refractivity contribution is -0.192. The molecule has 0 radical (unpaired) electrons. The van der Waals surface area contributed by atoms with E-state index in [2.05, 4.69) is 10.3 Å². The Morgan fingerprint density at radius 2 is 2.08 bits per heavy atom. The van der Waals surface area contributed by atoms with E-state index in [1.165, 1.54) is 6.42 Å². The minimum Gasteiger partial charge on any atom is -0.489 e. The Labute approximate surface area is 146 Å². The van der Waals surface area contributed by atoms with Crippen molar-refractivity contribution in [1.82, 2.24) is 10.3 Å². The molecule has 9 heteroatoms. The molecule has 1 aliphatic rings. The highest BCUT2D eigenvalue weighted by Crippen LogP contribution is 2.26. The van der Waals surface area contributed by atoms with Crippen molar-refractivity contribution in [2.75, 3.05) is 13.1 Å². The third kappa shape index (κ3) is 5.75. The van der Waals surface area contributed by atoms with Crippen molar-refractivity contribution in [3.8, 4) is 5.75 Å². The number of ether oxygens (including phenoxy) is 1. The molecule has 136 valence electrons. The number of aromatic nitrogens is 1. The third-order valence-electron chi connectivity index (χ3n) is 3.48. The van der Waals surface area contributed by atoms with Crippen LogP contribution in [0, 0.1) is 0 Å². The van der Waals surface area contributed by atoms with Gasteiger partial charge in [-0.2, -0.15) is 13.2 Å². The Kier molecular flexibility index (Phi) is 6.44. The maximum absolute atomic E-state index is 10.6. The van der Waals surface area contributed by atoms with Crippen LogP contribution in [0.25, 0.3) is 10.8 Å². The summed E-state index contributed by atoms with van der Waals surface area (Å²) in [7, 11) is 0. The monoisotopic (exact) mass is 376 g/mol. The van der Waals surface area contributed by atoms with E-state index >= 15 is 0 Å². The minimum absolute atomic E-state index is 0.272. The van der Waals surface area contributed by atoms with Gasteiger partial charge in [0, 0.05) is 18.1 Å². The molecular formula is C16H16ClF3N2O3. The molecule has 0 spiro atoms.